The number of thiazole rings is 1. The number of H-pyrrole nitrogens is 1. The molecule has 2 aromatic carbocycles. The van der Waals surface area contributed by atoms with Crippen molar-refractivity contribution in [2.75, 3.05) is 7.05 Å². The Morgan fingerprint density at radius 2 is 1.85 bits per heavy atom. The summed E-state index contributed by atoms with van der Waals surface area (Å²) in [6.45, 7) is 2.78. The Kier molecular flexibility index (Phi) is 4.67. The third kappa shape index (κ3) is 3.33. The van der Waals surface area contributed by atoms with Crippen LogP contribution < -0.4 is 0 Å². The van der Waals surface area contributed by atoms with Crippen molar-refractivity contribution in [3.05, 3.63) is 64.4 Å². The predicted octanol–water partition coefficient (Wildman–Crippen LogP) is 4.87. The molecular weight excluding hydrogens is 362 g/mol. The summed E-state index contributed by atoms with van der Waals surface area (Å²) in [6, 6.07) is 18.4. The highest BCUT2D eigenvalue weighted by atomic mass is 32.1. The molecule has 1 atom stereocenters. The summed E-state index contributed by atoms with van der Waals surface area (Å²) in [7, 11) is 2.07. The second-order valence-corrected chi connectivity index (χ2v) is 7.67. The Bertz CT molecular complexity index is 1050. The fourth-order valence-corrected chi connectivity index (χ4v) is 4.06. The maximum absolute atomic E-state index is 5.43. The van der Waals surface area contributed by atoms with Gasteiger partial charge in [-0.2, -0.15) is 4.98 Å². The Labute approximate surface area is 160 Å². The van der Waals surface area contributed by atoms with E-state index in [0.29, 0.717) is 11.4 Å². The van der Waals surface area contributed by atoms with E-state index in [0.717, 1.165) is 21.9 Å². The molecule has 7 heteroatoms. The average molecular weight is 382 g/mol. The molecule has 4 rings (SSSR count). The van der Waals surface area contributed by atoms with Gasteiger partial charge in [0.1, 0.15) is 5.01 Å². The average Bonchev–Trinajstić information content (AvgIpc) is 3.25. The SMILES string of the molecule is CC(c1nc2ccccc2s1)N(C)Cn1[nH]c(-c2ccccc2)nc1=S. The van der Waals surface area contributed by atoms with Gasteiger partial charge in [0.15, 0.2) is 5.82 Å². The molecule has 0 amide bonds. The first-order valence-corrected chi connectivity index (χ1v) is 9.62. The van der Waals surface area contributed by atoms with Crippen molar-refractivity contribution in [3.8, 4) is 11.4 Å². The molecule has 0 fully saturated rings. The van der Waals surface area contributed by atoms with Gasteiger partial charge < -0.3 is 0 Å². The molecule has 2 aromatic heterocycles. The van der Waals surface area contributed by atoms with E-state index in [-0.39, 0.29) is 6.04 Å². The quantitative estimate of drug-likeness (QED) is 0.501. The Hall–Kier alpha value is -2.35. The van der Waals surface area contributed by atoms with Crippen LogP contribution in [-0.2, 0) is 6.67 Å². The molecule has 1 N–H and O–H groups in total. The molecule has 132 valence electrons. The first kappa shape index (κ1) is 17.1. The fourth-order valence-electron chi connectivity index (χ4n) is 2.78. The normalized spacial score (nSPS) is 12.7. The third-order valence-corrected chi connectivity index (χ3v) is 5.94. The van der Waals surface area contributed by atoms with Crippen LogP contribution in [0.15, 0.2) is 54.6 Å². The highest BCUT2D eigenvalue weighted by Crippen LogP contribution is 2.29. The second kappa shape index (κ2) is 7.11. The van der Waals surface area contributed by atoms with Gasteiger partial charge in [0.2, 0.25) is 4.77 Å². The lowest BCUT2D eigenvalue weighted by molar-refractivity contribution is 0.195. The van der Waals surface area contributed by atoms with Gasteiger partial charge in [0.25, 0.3) is 0 Å². The molecule has 0 aliphatic rings. The molecular formula is C19H19N5S2. The van der Waals surface area contributed by atoms with Gasteiger partial charge in [-0.1, -0.05) is 42.5 Å². The zero-order valence-electron chi connectivity index (χ0n) is 14.6. The van der Waals surface area contributed by atoms with Crippen LogP contribution in [0.25, 0.3) is 21.6 Å². The molecule has 0 aliphatic carbocycles. The van der Waals surface area contributed by atoms with E-state index in [9.17, 15) is 0 Å². The summed E-state index contributed by atoms with van der Waals surface area (Å²) in [5, 5.41) is 4.40. The van der Waals surface area contributed by atoms with E-state index in [2.05, 4.69) is 41.1 Å². The van der Waals surface area contributed by atoms with Gasteiger partial charge >= 0.3 is 0 Å². The number of para-hydroxylation sites is 1. The van der Waals surface area contributed by atoms with Crippen molar-refractivity contribution in [2.24, 2.45) is 0 Å². The van der Waals surface area contributed by atoms with Gasteiger partial charge in [-0.05, 0) is 38.3 Å². The first-order chi connectivity index (χ1) is 12.6. The molecule has 5 nitrogen and oxygen atoms in total. The summed E-state index contributed by atoms with van der Waals surface area (Å²) in [4.78, 5) is 11.5. The number of nitrogens with zero attached hydrogens (tertiary/aromatic N) is 4. The van der Waals surface area contributed by atoms with Crippen LogP contribution in [0.4, 0.5) is 0 Å². The number of rotatable bonds is 5. The molecule has 2 heterocycles. The maximum atomic E-state index is 5.43. The number of aromatic nitrogens is 4. The summed E-state index contributed by atoms with van der Waals surface area (Å²) >= 11 is 7.16. The minimum Gasteiger partial charge on any atom is -0.278 e. The monoisotopic (exact) mass is 381 g/mol. The van der Waals surface area contributed by atoms with Gasteiger partial charge in [-0.3, -0.25) is 10.00 Å². The largest absolute Gasteiger partial charge is 0.278 e. The van der Waals surface area contributed by atoms with Gasteiger partial charge in [-0.15, -0.1) is 11.3 Å². The summed E-state index contributed by atoms with van der Waals surface area (Å²) in [5.41, 5.74) is 2.08. The van der Waals surface area contributed by atoms with E-state index in [1.54, 1.807) is 11.3 Å². The van der Waals surface area contributed by atoms with Gasteiger partial charge in [-0.25, -0.2) is 9.67 Å². The molecule has 26 heavy (non-hydrogen) atoms. The summed E-state index contributed by atoms with van der Waals surface area (Å²) < 4.78 is 3.65. The number of aromatic amines is 1. The van der Waals surface area contributed by atoms with Crippen molar-refractivity contribution in [1.29, 1.82) is 0 Å². The number of hydrogen-bond acceptors (Lipinski definition) is 5. The highest BCUT2D eigenvalue weighted by molar-refractivity contribution is 7.71. The third-order valence-electron chi connectivity index (χ3n) is 4.42. The molecule has 0 saturated heterocycles. The summed E-state index contributed by atoms with van der Waals surface area (Å²) in [5.74, 6) is 0.789. The topological polar surface area (TPSA) is 49.7 Å². The van der Waals surface area contributed by atoms with Crippen LogP contribution in [0.1, 0.15) is 18.0 Å². The van der Waals surface area contributed by atoms with Crippen LogP contribution in [0.2, 0.25) is 0 Å². The second-order valence-electron chi connectivity index (χ2n) is 6.24. The van der Waals surface area contributed by atoms with Crippen LogP contribution in [-0.4, -0.2) is 31.7 Å². The zero-order valence-corrected chi connectivity index (χ0v) is 16.2. The number of benzene rings is 2. The molecule has 0 spiro atoms. The van der Waals surface area contributed by atoms with E-state index in [1.165, 1.54) is 4.70 Å². The molecule has 4 aromatic rings. The molecule has 0 aliphatic heterocycles. The van der Waals surface area contributed by atoms with Crippen molar-refractivity contribution in [3.63, 3.8) is 0 Å². The summed E-state index contributed by atoms with van der Waals surface area (Å²) in [6.07, 6.45) is 0. The Morgan fingerprint density at radius 3 is 2.62 bits per heavy atom. The predicted molar refractivity (Wildman–Crippen MR) is 109 cm³/mol. The zero-order chi connectivity index (χ0) is 18.1. The maximum Gasteiger partial charge on any atom is 0.217 e. The minimum atomic E-state index is 0.178. The standard InChI is InChI=1S/C19H19N5S2/c1-13(18-20-15-10-6-7-11-16(15)26-18)23(2)12-24-19(25)21-17(22-24)14-8-4-3-5-9-14/h3-11,13H,12H2,1-2H3,(H,21,22,25). The highest BCUT2D eigenvalue weighted by Gasteiger charge is 2.17. The van der Waals surface area contributed by atoms with Crippen LogP contribution >= 0.6 is 23.6 Å². The smallest absolute Gasteiger partial charge is 0.217 e. The lowest BCUT2D eigenvalue weighted by Crippen LogP contribution is -2.26. The van der Waals surface area contributed by atoms with Crippen molar-refractivity contribution in [2.45, 2.75) is 19.6 Å². The van der Waals surface area contributed by atoms with E-state index in [4.69, 9.17) is 17.2 Å². The lowest BCUT2D eigenvalue weighted by Gasteiger charge is -2.22. The van der Waals surface area contributed by atoms with Gasteiger partial charge in [0.05, 0.1) is 22.9 Å². The fraction of sp³-hybridized carbons (Fsp3) is 0.211. The molecule has 0 bridgehead atoms. The Balaban J connectivity index is 1.55. The minimum absolute atomic E-state index is 0.178. The van der Waals surface area contributed by atoms with Crippen molar-refractivity contribution in [1.82, 2.24) is 24.6 Å². The molecule has 0 saturated carbocycles. The van der Waals surface area contributed by atoms with Crippen LogP contribution in [0, 0.1) is 4.77 Å². The van der Waals surface area contributed by atoms with Crippen LogP contribution in [0.3, 0.4) is 0 Å². The number of nitrogens with one attached hydrogen (secondary N) is 1. The number of fused-ring (bicyclic) bond motifs is 1. The van der Waals surface area contributed by atoms with Gasteiger partial charge in [0, 0.05) is 5.56 Å². The van der Waals surface area contributed by atoms with E-state index in [1.807, 2.05) is 47.1 Å². The lowest BCUT2D eigenvalue weighted by atomic mass is 10.2. The number of hydrogen-bond donors (Lipinski definition) is 1. The Morgan fingerprint density at radius 1 is 1.12 bits per heavy atom. The molecule has 1 unspecified atom stereocenters. The van der Waals surface area contributed by atoms with Crippen molar-refractivity contribution < 1.29 is 0 Å². The van der Waals surface area contributed by atoms with Crippen LogP contribution in [0.5, 0.6) is 0 Å². The molecule has 0 radical (unpaired) electrons. The van der Waals surface area contributed by atoms with E-state index >= 15 is 0 Å². The van der Waals surface area contributed by atoms with Crippen molar-refractivity contribution >= 4 is 33.8 Å². The first-order valence-electron chi connectivity index (χ1n) is 8.40. The van der Waals surface area contributed by atoms with E-state index < -0.39 is 0 Å².